The molecule has 0 aromatic carbocycles. The lowest BCUT2D eigenvalue weighted by Crippen LogP contribution is -2.22. The van der Waals surface area contributed by atoms with Crippen molar-refractivity contribution in [1.29, 1.82) is 0 Å². The number of hydrogen-bond donors (Lipinski definition) is 2. The maximum absolute atomic E-state index is 11.4. The number of aromatic nitrogens is 1. The Morgan fingerprint density at radius 1 is 1.29 bits per heavy atom. The molecule has 1 aromatic heterocycles. The summed E-state index contributed by atoms with van der Waals surface area (Å²) in [5.74, 6) is 0.0610. The molecule has 0 aliphatic rings. The molecule has 0 fully saturated rings. The highest BCUT2D eigenvalue weighted by Crippen LogP contribution is 2.07. The quantitative estimate of drug-likeness (QED) is 0.734. The maximum atomic E-state index is 11.4. The van der Waals surface area contributed by atoms with E-state index in [2.05, 4.69) is 9.71 Å². The minimum absolute atomic E-state index is 0.0610. The number of rotatable bonds is 5. The lowest BCUT2D eigenvalue weighted by atomic mass is 10.3. The van der Waals surface area contributed by atoms with Crippen LogP contribution in [0.3, 0.4) is 0 Å². The standard InChI is InChI=1S/C8H13N3O4S2/c1-16(12,13)6-17(14,15)11-8-3-2-7(4-9)5-10-8/h2-3,5H,4,6,9H2,1H3,(H,10,11). The number of nitrogens with two attached hydrogens (primary N) is 1. The molecule has 0 saturated carbocycles. The van der Waals surface area contributed by atoms with Gasteiger partial charge < -0.3 is 5.73 Å². The zero-order valence-corrected chi connectivity index (χ0v) is 10.8. The van der Waals surface area contributed by atoms with Gasteiger partial charge in [-0.1, -0.05) is 6.07 Å². The van der Waals surface area contributed by atoms with Gasteiger partial charge in [-0.05, 0) is 11.6 Å². The fraction of sp³-hybridized carbons (Fsp3) is 0.375. The average molecular weight is 279 g/mol. The van der Waals surface area contributed by atoms with E-state index in [0.29, 0.717) is 6.54 Å². The second-order valence-corrected chi connectivity index (χ2v) is 7.74. The highest BCUT2D eigenvalue weighted by atomic mass is 32.3. The molecule has 0 radical (unpaired) electrons. The lowest BCUT2D eigenvalue weighted by molar-refractivity contribution is 0.595. The normalized spacial score (nSPS) is 12.4. The van der Waals surface area contributed by atoms with Crippen LogP contribution >= 0.6 is 0 Å². The van der Waals surface area contributed by atoms with E-state index in [0.717, 1.165) is 11.8 Å². The number of nitrogens with zero attached hydrogens (tertiary/aromatic N) is 1. The van der Waals surface area contributed by atoms with Crippen LogP contribution in [-0.4, -0.2) is 33.2 Å². The average Bonchev–Trinajstić information content (AvgIpc) is 2.14. The maximum Gasteiger partial charge on any atom is 0.248 e. The van der Waals surface area contributed by atoms with Crippen LogP contribution in [0.4, 0.5) is 5.82 Å². The topological polar surface area (TPSA) is 119 Å². The molecule has 1 heterocycles. The van der Waals surface area contributed by atoms with Gasteiger partial charge in [0.1, 0.15) is 5.82 Å². The summed E-state index contributed by atoms with van der Waals surface area (Å²) in [5.41, 5.74) is 6.10. The lowest BCUT2D eigenvalue weighted by Gasteiger charge is -2.06. The predicted octanol–water partition coefficient (Wildman–Crippen LogP) is -0.716. The van der Waals surface area contributed by atoms with Crippen molar-refractivity contribution < 1.29 is 16.8 Å². The zero-order chi connectivity index (χ0) is 13.1. The molecule has 96 valence electrons. The van der Waals surface area contributed by atoms with Crippen molar-refractivity contribution in [3.8, 4) is 0 Å². The van der Waals surface area contributed by atoms with Crippen LogP contribution in [0.15, 0.2) is 18.3 Å². The van der Waals surface area contributed by atoms with Crippen molar-refractivity contribution in [2.75, 3.05) is 16.1 Å². The summed E-state index contributed by atoms with van der Waals surface area (Å²) >= 11 is 0. The zero-order valence-electron chi connectivity index (χ0n) is 9.12. The number of sulfonamides is 1. The molecule has 17 heavy (non-hydrogen) atoms. The summed E-state index contributed by atoms with van der Waals surface area (Å²) in [5, 5.41) is -0.972. The summed E-state index contributed by atoms with van der Waals surface area (Å²) in [6.07, 6.45) is 2.26. The van der Waals surface area contributed by atoms with Gasteiger partial charge >= 0.3 is 0 Å². The van der Waals surface area contributed by atoms with E-state index in [1.54, 1.807) is 6.07 Å². The Labute approximate surface area is 100 Å². The first-order valence-corrected chi connectivity index (χ1v) is 8.26. The fourth-order valence-electron chi connectivity index (χ4n) is 1.08. The highest BCUT2D eigenvalue weighted by Gasteiger charge is 2.18. The second kappa shape index (κ2) is 4.98. The first kappa shape index (κ1) is 13.9. The molecule has 0 aliphatic heterocycles. The van der Waals surface area contributed by atoms with Gasteiger partial charge in [-0.25, -0.2) is 21.8 Å². The first-order chi connectivity index (χ1) is 7.72. The van der Waals surface area contributed by atoms with E-state index in [-0.39, 0.29) is 5.82 Å². The van der Waals surface area contributed by atoms with Gasteiger partial charge in [0.2, 0.25) is 10.0 Å². The Balaban J connectivity index is 2.83. The van der Waals surface area contributed by atoms with Crippen molar-refractivity contribution in [3.63, 3.8) is 0 Å². The molecular formula is C8H13N3O4S2. The Kier molecular flexibility index (Phi) is 4.07. The van der Waals surface area contributed by atoms with Crippen LogP contribution in [0.25, 0.3) is 0 Å². The number of nitrogens with one attached hydrogen (secondary N) is 1. The minimum atomic E-state index is -3.94. The van der Waals surface area contributed by atoms with Gasteiger partial charge in [-0.15, -0.1) is 0 Å². The van der Waals surface area contributed by atoms with Crippen molar-refractivity contribution in [2.45, 2.75) is 6.54 Å². The molecule has 0 amide bonds. The Morgan fingerprint density at radius 3 is 2.35 bits per heavy atom. The number of anilines is 1. The van der Waals surface area contributed by atoms with Gasteiger partial charge in [0, 0.05) is 19.0 Å². The van der Waals surface area contributed by atoms with Crippen molar-refractivity contribution in [1.82, 2.24) is 4.98 Å². The van der Waals surface area contributed by atoms with Gasteiger partial charge in [-0.3, -0.25) is 4.72 Å². The van der Waals surface area contributed by atoms with Crippen LogP contribution < -0.4 is 10.5 Å². The predicted molar refractivity (Wildman–Crippen MR) is 64.4 cm³/mol. The van der Waals surface area contributed by atoms with Crippen molar-refractivity contribution in [3.05, 3.63) is 23.9 Å². The van der Waals surface area contributed by atoms with E-state index in [9.17, 15) is 16.8 Å². The summed E-state index contributed by atoms with van der Waals surface area (Å²) in [6.45, 7) is 0.295. The van der Waals surface area contributed by atoms with Crippen LogP contribution in [0.5, 0.6) is 0 Å². The molecule has 0 spiro atoms. The SMILES string of the molecule is CS(=O)(=O)CS(=O)(=O)Nc1ccc(CN)cn1. The molecule has 0 bridgehead atoms. The molecule has 9 heteroatoms. The first-order valence-electron chi connectivity index (χ1n) is 4.55. The summed E-state index contributed by atoms with van der Waals surface area (Å²) in [4.78, 5) is 3.80. The smallest absolute Gasteiger partial charge is 0.248 e. The molecule has 7 nitrogen and oxygen atoms in total. The minimum Gasteiger partial charge on any atom is -0.326 e. The number of sulfone groups is 1. The monoisotopic (exact) mass is 279 g/mol. The Morgan fingerprint density at radius 2 is 1.94 bits per heavy atom. The van der Waals surface area contributed by atoms with Gasteiger partial charge in [-0.2, -0.15) is 0 Å². The third-order valence-corrected chi connectivity index (χ3v) is 5.16. The van der Waals surface area contributed by atoms with Crippen LogP contribution in [0.2, 0.25) is 0 Å². The molecule has 0 aliphatic carbocycles. The van der Waals surface area contributed by atoms with Gasteiger partial charge in [0.15, 0.2) is 14.9 Å². The largest absolute Gasteiger partial charge is 0.326 e. The summed E-state index contributed by atoms with van der Waals surface area (Å²) < 4.78 is 46.7. The number of hydrogen-bond acceptors (Lipinski definition) is 6. The number of pyridine rings is 1. The fourth-order valence-corrected chi connectivity index (χ4v) is 4.01. The molecular weight excluding hydrogens is 266 g/mol. The van der Waals surface area contributed by atoms with Crippen LogP contribution in [0, 0.1) is 0 Å². The molecule has 0 unspecified atom stereocenters. The molecule has 3 N–H and O–H groups in total. The highest BCUT2D eigenvalue weighted by molar-refractivity contribution is 8.08. The summed E-state index contributed by atoms with van der Waals surface area (Å²) in [6, 6.07) is 3.02. The van der Waals surface area contributed by atoms with Crippen molar-refractivity contribution in [2.24, 2.45) is 5.73 Å². The third-order valence-electron chi connectivity index (χ3n) is 1.69. The van der Waals surface area contributed by atoms with E-state index in [1.807, 2.05) is 0 Å². The molecule has 1 rings (SSSR count). The van der Waals surface area contributed by atoms with E-state index in [1.165, 1.54) is 12.3 Å². The Hall–Kier alpha value is -1.19. The van der Waals surface area contributed by atoms with Crippen LogP contribution in [-0.2, 0) is 26.4 Å². The van der Waals surface area contributed by atoms with E-state index < -0.39 is 24.9 Å². The van der Waals surface area contributed by atoms with Crippen LogP contribution in [0.1, 0.15) is 5.56 Å². The Bertz CT molecular complexity index is 578. The molecule has 0 saturated heterocycles. The van der Waals surface area contributed by atoms with Crippen molar-refractivity contribution >= 4 is 25.7 Å². The van der Waals surface area contributed by atoms with E-state index >= 15 is 0 Å². The van der Waals surface area contributed by atoms with Gasteiger partial charge in [0.25, 0.3) is 0 Å². The summed E-state index contributed by atoms with van der Waals surface area (Å²) in [7, 11) is -7.56. The second-order valence-electron chi connectivity index (χ2n) is 3.52. The van der Waals surface area contributed by atoms with E-state index in [4.69, 9.17) is 5.73 Å². The third kappa shape index (κ3) is 5.11. The molecule has 1 aromatic rings. The molecule has 0 atom stereocenters. The van der Waals surface area contributed by atoms with Gasteiger partial charge in [0.05, 0.1) is 0 Å².